The number of H-pyrrole nitrogens is 1. The van der Waals surface area contributed by atoms with Gasteiger partial charge in [0, 0.05) is 29.7 Å². The lowest BCUT2D eigenvalue weighted by Crippen LogP contribution is -2.42. The maximum Gasteiger partial charge on any atom is 0.330 e. The first-order chi connectivity index (χ1) is 16.5. The number of amides is 1. The number of benzene rings is 2. The Kier molecular flexibility index (Phi) is 6.67. The Morgan fingerprint density at radius 2 is 1.71 bits per heavy atom. The molecule has 0 aliphatic carbocycles. The Balaban J connectivity index is 1.78. The van der Waals surface area contributed by atoms with Gasteiger partial charge in [0.2, 0.25) is 5.91 Å². The van der Waals surface area contributed by atoms with Crippen LogP contribution in [0.2, 0.25) is 0 Å². The van der Waals surface area contributed by atoms with Crippen LogP contribution in [0.3, 0.4) is 0 Å². The maximum absolute atomic E-state index is 13.6. The van der Waals surface area contributed by atoms with Crippen LogP contribution in [0.1, 0.15) is 26.7 Å². The van der Waals surface area contributed by atoms with Gasteiger partial charge in [0.05, 0.1) is 0 Å². The predicted octanol–water partition coefficient (Wildman–Crippen LogP) is 3.59. The van der Waals surface area contributed by atoms with Gasteiger partial charge in [-0.05, 0) is 31.0 Å². The summed E-state index contributed by atoms with van der Waals surface area (Å²) in [5.41, 5.74) is 7.86. The number of likely N-dealkylation sites (N-methyl/N-ethyl adjacent to an activating group) is 1. The van der Waals surface area contributed by atoms with Crippen molar-refractivity contribution in [3.05, 3.63) is 81.5 Å². The predicted molar refractivity (Wildman–Crippen MR) is 136 cm³/mol. The number of aromatic amines is 1. The largest absolute Gasteiger partial charge is 0.383 e. The number of hydrogen-bond donors (Lipinski definition) is 2. The van der Waals surface area contributed by atoms with Crippen LogP contribution < -0.4 is 21.9 Å². The quantitative estimate of drug-likeness (QED) is 0.420. The van der Waals surface area contributed by atoms with E-state index in [2.05, 4.69) is 11.1 Å². The van der Waals surface area contributed by atoms with Gasteiger partial charge in [0.1, 0.15) is 12.4 Å². The van der Waals surface area contributed by atoms with Crippen molar-refractivity contribution in [2.45, 2.75) is 39.8 Å². The zero-order valence-electron chi connectivity index (χ0n) is 19.5. The van der Waals surface area contributed by atoms with Gasteiger partial charge in [-0.1, -0.05) is 61.9 Å². The zero-order chi connectivity index (χ0) is 24.2. The number of nitrogens with zero attached hydrogens (tertiary/aromatic N) is 3. The van der Waals surface area contributed by atoms with Crippen LogP contribution in [0, 0.1) is 0 Å². The molecule has 0 radical (unpaired) electrons. The molecule has 2 aromatic heterocycles. The van der Waals surface area contributed by atoms with Gasteiger partial charge in [-0.15, -0.1) is 0 Å². The van der Waals surface area contributed by atoms with Crippen LogP contribution >= 0.6 is 0 Å². The Bertz CT molecular complexity index is 1430. The van der Waals surface area contributed by atoms with Crippen molar-refractivity contribution in [3.63, 3.8) is 0 Å². The van der Waals surface area contributed by atoms with Gasteiger partial charge in [0.25, 0.3) is 5.56 Å². The summed E-state index contributed by atoms with van der Waals surface area (Å²) in [5, 5.41) is 1.02. The molecule has 1 amide bonds. The molecule has 34 heavy (non-hydrogen) atoms. The lowest BCUT2D eigenvalue weighted by molar-refractivity contribution is -0.119. The third-order valence-corrected chi connectivity index (χ3v) is 6.01. The van der Waals surface area contributed by atoms with Crippen LogP contribution in [0.15, 0.2) is 70.3 Å². The van der Waals surface area contributed by atoms with Gasteiger partial charge < -0.3 is 15.2 Å². The minimum atomic E-state index is -0.661. The fourth-order valence-corrected chi connectivity index (χ4v) is 4.29. The first-order valence-electron chi connectivity index (χ1n) is 11.5. The standard InChI is InChI=1S/C26H29N5O3/c1-3-5-15-30-24(27)23(25(33)28-26(30)34)29(4-2)22(32)17-31-20-14-10-9-13-19(20)16-21(31)18-11-7-6-8-12-18/h6-14,16H,3-5,15,17,27H2,1-2H3,(H,28,33,34). The minimum Gasteiger partial charge on any atom is -0.383 e. The molecular weight excluding hydrogens is 430 g/mol. The summed E-state index contributed by atoms with van der Waals surface area (Å²) in [6, 6.07) is 19.8. The van der Waals surface area contributed by atoms with Gasteiger partial charge >= 0.3 is 5.69 Å². The van der Waals surface area contributed by atoms with Gasteiger partial charge in [-0.25, -0.2) is 4.79 Å². The SMILES string of the molecule is CCCCn1c(N)c(N(CC)C(=O)Cn2c(-c3ccccc3)cc3ccccc32)c(=O)[nH]c1=O. The third-order valence-electron chi connectivity index (χ3n) is 6.01. The third kappa shape index (κ3) is 4.26. The van der Waals surface area contributed by atoms with E-state index in [0.29, 0.717) is 6.54 Å². The molecular formula is C26H29N5O3. The second kappa shape index (κ2) is 9.82. The second-order valence-corrected chi connectivity index (χ2v) is 8.18. The molecule has 176 valence electrons. The molecule has 4 aromatic rings. The number of carbonyl (C=O) groups excluding carboxylic acids is 1. The highest BCUT2D eigenvalue weighted by Gasteiger charge is 2.24. The Hall–Kier alpha value is -4.07. The van der Waals surface area contributed by atoms with Crippen molar-refractivity contribution >= 4 is 28.3 Å². The zero-order valence-corrected chi connectivity index (χ0v) is 19.5. The van der Waals surface area contributed by atoms with Crippen molar-refractivity contribution in [1.82, 2.24) is 14.1 Å². The summed E-state index contributed by atoms with van der Waals surface area (Å²) < 4.78 is 3.28. The van der Waals surface area contributed by atoms with E-state index >= 15 is 0 Å². The Morgan fingerprint density at radius 1 is 1.00 bits per heavy atom. The average molecular weight is 460 g/mol. The van der Waals surface area contributed by atoms with E-state index in [4.69, 9.17) is 5.73 Å². The second-order valence-electron chi connectivity index (χ2n) is 8.18. The fourth-order valence-electron chi connectivity index (χ4n) is 4.29. The average Bonchev–Trinajstić information content (AvgIpc) is 3.20. The van der Waals surface area contributed by atoms with E-state index in [-0.39, 0.29) is 30.5 Å². The van der Waals surface area contributed by atoms with Crippen LogP contribution in [0.5, 0.6) is 0 Å². The number of aromatic nitrogens is 3. The van der Waals surface area contributed by atoms with E-state index in [9.17, 15) is 14.4 Å². The number of rotatable bonds is 8. The number of para-hydroxylation sites is 1. The highest BCUT2D eigenvalue weighted by Crippen LogP contribution is 2.29. The summed E-state index contributed by atoms with van der Waals surface area (Å²) in [6.45, 7) is 4.40. The molecule has 0 saturated heterocycles. The van der Waals surface area contributed by atoms with Gasteiger partial charge in [-0.3, -0.25) is 19.1 Å². The monoisotopic (exact) mass is 459 g/mol. The Morgan fingerprint density at radius 3 is 2.41 bits per heavy atom. The summed E-state index contributed by atoms with van der Waals surface area (Å²) in [5.74, 6) is -0.281. The number of nitrogens with two attached hydrogens (primary N) is 1. The number of anilines is 2. The molecule has 2 aromatic carbocycles. The lowest BCUT2D eigenvalue weighted by Gasteiger charge is -2.24. The minimum absolute atomic E-state index is 0.0121. The number of nitrogens with one attached hydrogen (secondary N) is 1. The molecule has 0 bridgehead atoms. The van der Waals surface area contributed by atoms with Crippen molar-refractivity contribution in [2.24, 2.45) is 0 Å². The van der Waals surface area contributed by atoms with E-state index in [1.807, 2.05) is 66.1 Å². The topological polar surface area (TPSA) is 106 Å². The van der Waals surface area contributed by atoms with Crippen molar-refractivity contribution < 1.29 is 4.79 Å². The first kappa shape index (κ1) is 23.1. The molecule has 0 unspecified atom stereocenters. The number of fused-ring (bicyclic) bond motifs is 1. The van der Waals surface area contributed by atoms with Crippen LogP contribution in [0.25, 0.3) is 22.2 Å². The summed E-state index contributed by atoms with van der Waals surface area (Å²) >= 11 is 0. The fraction of sp³-hybridized carbons (Fsp3) is 0.269. The first-order valence-corrected chi connectivity index (χ1v) is 11.5. The number of hydrogen-bond acceptors (Lipinski definition) is 4. The molecule has 3 N–H and O–H groups in total. The summed E-state index contributed by atoms with van der Waals surface area (Å²) in [7, 11) is 0. The highest BCUT2D eigenvalue weighted by atomic mass is 16.2. The Labute approximate surface area is 197 Å². The van der Waals surface area contributed by atoms with Crippen molar-refractivity contribution in [1.29, 1.82) is 0 Å². The normalized spacial score (nSPS) is 11.1. The van der Waals surface area contributed by atoms with Crippen LogP contribution in [-0.4, -0.2) is 26.6 Å². The highest BCUT2D eigenvalue weighted by molar-refractivity contribution is 5.97. The van der Waals surface area contributed by atoms with Crippen molar-refractivity contribution in [2.75, 3.05) is 17.2 Å². The number of carbonyl (C=O) groups is 1. The molecule has 8 heteroatoms. The molecule has 0 aliphatic rings. The molecule has 4 rings (SSSR count). The van der Waals surface area contributed by atoms with Crippen LogP contribution in [-0.2, 0) is 17.9 Å². The molecule has 8 nitrogen and oxygen atoms in total. The smallest absolute Gasteiger partial charge is 0.330 e. The van der Waals surface area contributed by atoms with E-state index in [0.717, 1.165) is 35.0 Å². The van der Waals surface area contributed by atoms with Gasteiger partial charge in [0.15, 0.2) is 5.69 Å². The maximum atomic E-state index is 13.6. The molecule has 0 fully saturated rings. The number of nitrogen functional groups attached to an aromatic ring is 1. The molecule has 2 heterocycles. The van der Waals surface area contributed by atoms with E-state index < -0.39 is 11.2 Å². The molecule has 0 aliphatic heterocycles. The van der Waals surface area contributed by atoms with E-state index in [1.54, 1.807) is 6.92 Å². The molecule has 0 spiro atoms. The van der Waals surface area contributed by atoms with Crippen LogP contribution in [0.4, 0.5) is 11.5 Å². The summed E-state index contributed by atoms with van der Waals surface area (Å²) in [6.07, 6.45) is 1.59. The summed E-state index contributed by atoms with van der Waals surface area (Å²) in [4.78, 5) is 42.3. The van der Waals surface area contributed by atoms with Gasteiger partial charge in [-0.2, -0.15) is 0 Å². The number of unbranched alkanes of at least 4 members (excludes halogenated alkanes) is 1. The molecule has 0 atom stereocenters. The lowest BCUT2D eigenvalue weighted by atomic mass is 10.1. The van der Waals surface area contributed by atoms with E-state index in [1.165, 1.54) is 9.47 Å². The van der Waals surface area contributed by atoms with Crippen molar-refractivity contribution in [3.8, 4) is 11.3 Å². The molecule has 0 saturated carbocycles.